The lowest BCUT2D eigenvalue weighted by Crippen LogP contribution is -1.98. The van der Waals surface area contributed by atoms with Crippen molar-refractivity contribution in [2.75, 3.05) is 0 Å². The van der Waals surface area contributed by atoms with Crippen LogP contribution in [0.1, 0.15) is 21.8 Å². The highest BCUT2D eigenvalue weighted by atomic mass is 32.1. The van der Waals surface area contributed by atoms with Crippen LogP contribution in [0.4, 0.5) is 0 Å². The number of aliphatic hydroxyl groups is 1. The number of hydrogen-bond acceptors (Lipinski definition) is 5. The Morgan fingerprint density at radius 2 is 1.74 bits per heavy atom. The Morgan fingerprint density at radius 3 is 2.57 bits per heavy atom. The number of carbonyl (C=O) groups excluding carboxylic acids is 1. The standard InChI is InChI=1S/C18H9NO3S/c20-14-9-5-1-2-6-10(9)15(21)13(14)17-19-18-16(22-17)11-7-3-4-8-12(11)23-18/h1-8,20H. The lowest BCUT2D eigenvalue weighted by Gasteiger charge is -1.95. The van der Waals surface area contributed by atoms with Crippen molar-refractivity contribution in [2.45, 2.75) is 0 Å². The van der Waals surface area contributed by atoms with Crippen LogP contribution in [0.2, 0.25) is 0 Å². The lowest BCUT2D eigenvalue weighted by molar-refractivity contribution is 0.105. The summed E-state index contributed by atoms with van der Waals surface area (Å²) in [4.78, 5) is 17.7. The van der Waals surface area contributed by atoms with Gasteiger partial charge in [0.2, 0.25) is 11.7 Å². The minimum absolute atomic E-state index is 0.0659. The fourth-order valence-corrected chi connectivity index (χ4v) is 3.96. The average Bonchev–Trinajstić information content (AvgIpc) is 3.19. The van der Waals surface area contributed by atoms with E-state index in [-0.39, 0.29) is 23.0 Å². The number of aromatic nitrogens is 1. The normalized spacial score (nSPS) is 14.2. The van der Waals surface area contributed by atoms with Crippen molar-refractivity contribution in [1.82, 2.24) is 4.98 Å². The molecule has 0 bridgehead atoms. The molecule has 4 aromatic rings. The van der Waals surface area contributed by atoms with E-state index in [9.17, 15) is 9.90 Å². The highest BCUT2D eigenvalue weighted by molar-refractivity contribution is 7.25. The molecule has 110 valence electrons. The van der Waals surface area contributed by atoms with Crippen LogP contribution in [0.3, 0.4) is 0 Å². The van der Waals surface area contributed by atoms with E-state index in [0.29, 0.717) is 16.7 Å². The summed E-state index contributed by atoms with van der Waals surface area (Å²) in [5.74, 6) is -0.143. The molecule has 5 heteroatoms. The summed E-state index contributed by atoms with van der Waals surface area (Å²) >= 11 is 1.51. The Labute approximate surface area is 134 Å². The molecule has 0 aliphatic heterocycles. The van der Waals surface area contributed by atoms with E-state index in [1.54, 1.807) is 24.3 Å². The second kappa shape index (κ2) is 4.30. The third-order valence-electron chi connectivity index (χ3n) is 4.04. The molecule has 2 heterocycles. The number of thiophene rings is 1. The Hall–Kier alpha value is -2.92. The van der Waals surface area contributed by atoms with Gasteiger partial charge in [-0.3, -0.25) is 4.79 Å². The quantitative estimate of drug-likeness (QED) is 0.554. The monoisotopic (exact) mass is 319 g/mol. The van der Waals surface area contributed by atoms with Crippen LogP contribution in [0.5, 0.6) is 0 Å². The first-order valence-electron chi connectivity index (χ1n) is 7.10. The summed E-state index contributed by atoms with van der Waals surface area (Å²) in [6.45, 7) is 0. The van der Waals surface area contributed by atoms with E-state index in [4.69, 9.17) is 4.42 Å². The number of hydrogen-bond donors (Lipinski definition) is 1. The molecular formula is C18H9NO3S. The van der Waals surface area contributed by atoms with Crippen molar-refractivity contribution >= 4 is 49.0 Å². The van der Waals surface area contributed by atoms with Gasteiger partial charge in [-0.05, 0) is 12.1 Å². The van der Waals surface area contributed by atoms with Gasteiger partial charge in [0.05, 0.1) is 0 Å². The zero-order valence-electron chi connectivity index (χ0n) is 11.7. The van der Waals surface area contributed by atoms with Crippen molar-refractivity contribution in [3.63, 3.8) is 0 Å². The van der Waals surface area contributed by atoms with Crippen LogP contribution in [-0.2, 0) is 0 Å². The second-order valence-corrected chi connectivity index (χ2v) is 6.38. The van der Waals surface area contributed by atoms with Gasteiger partial charge >= 0.3 is 0 Å². The molecule has 5 rings (SSSR count). The molecule has 0 spiro atoms. The average molecular weight is 319 g/mol. The number of allylic oxidation sites excluding steroid dienone is 1. The summed E-state index contributed by atoms with van der Waals surface area (Å²) in [6.07, 6.45) is 0. The predicted octanol–water partition coefficient (Wildman–Crippen LogP) is 4.67. The fraction of sp³-hybridized carbons (Fsp3) is 0. The second-order valence-electron chi connectivity index (χ2n) is 5.35. The molecule has 23 heavy (non-hydrogen) atoms. The third kappa shape index (κ3) is 1.59. The SMILES string of the molecule is O=C1C(c2nc3sc4ccccc4c3o2)=C(O)c2ccccc21. The van der Waals surface area contributed by atoms with Gasteiger partial charge in [0.1, 0.15) is 11.3 Å². The molecule has 0 amide bonds. The van der Waals surface area contributed by atoms with Crippen molar-refractivity contribution in [3.05, 3.63) is 65.5 Å². The minimum atomic E-state index is -0.253. The van der Waals surface area contributed by atoms with Gasteiger partial charge in [-0.1, -0.05) is 36.4 Å². The van der Waals surface area contributed by atoms with E-state index in [1.165, 1.54) is 11.3 Å². The third-order valence-corrected chi connectivity index (χ3v) is 5.08. The molecule has 1 aliphatic rings. The molecule has 2 aromatic carbocycles. The van der Waals surface area contributed by atoms with Crippen LogP contribution in [0.15, 0.2) is 52.9 Å². The maximum absolute atomic E-state index is 12.6. The highest BCUT2D eigenvalue weighted by Gasteiger charge is 2.33. The molecule has 0 saturated carbocycles. The Balaban J connectivity index is 1.75. The number of rotatable bonds is 1. The number of carbonyl (C=O) groups is 1. The maximum Gasteiger partial charge on any atom is 0.236 e. The zero-order chi connectivity index (χ0) is 15.6. The Kier molecular flexibility index (Phi) is 2.36. The summed E-state index contributed by atoms with van der Waals surface area (Å²) < 4.78 is 6.92. The molecule has 0 fully saturated rings. The summed E-state index contributed by atoms with van der Waals surface area (Å²) in [7, 11) is 0. The van der Waals surface area contributed by atoms with Gasteiger partial charge in [-0.2, -0.15) is 4.98 Å². The predicted molar refractivity (Wildman–Crippen MR) is 89.6 cm³/mol. The summed E-state index contributed by atoms with van der Waals surface area (Å²) in [6, 6.07) is 14.8. The van der Waals surface area contributed by atoms with Gasteiger partial charge < -0.3 is 9.52 Å². The lowest BCUT2D eigenvalue weighted by atomic mass is 10.1. The molecule has 0 radical (unpaired) electrons. The van der Waals surface area contributed by atoms with Gasteiger partial charge in [-0.15, -0.1) is 11.3 Å². The Morgan fingerprint density at radius 1 is 1.00 bits per heavy atom. The van der Waals surface area contributed by atoms with E-state index >= 15 is 0 Å². The van der Waals surface area contributed by atoms with Crippen LogP contribution in [0.25, 0.3) is 31.8 Å². The molecule has 1 N–H and O–H groups in total. The fourth-order valence-electron chi connectivity index (χ4n) is 2.96. The first-order valence-corrected chi connectivity index (χ1v) is 7.91. The molecule has 0 saturated heterocycles. The number of fused-ring (bicyclic) bond motifs is 4. The van der Waals surface area contributed by atoms with E-state index in [2.05, 4.69) is 4.98 Å². The largest absolute Gasteiger partial charge is 0.506 e. The van der Waals surface area contributed by atoms with Crippen LogP contribution in [0, 0.1) is 0 Å². The van der Waals surface area contributed by atoms with Gasteiger partial charge in [0.15, 0.2) is 10.4 Å². The molecular weight excluding hydrogens is 310 g/mol. The minimum Gasteiger partial charge on any atom is -0.506 e. The van der Waals surface area contributed by atoms with Crippen LogP contribution >= 0.6 is 11.3 Å². The van der Waals surface area contributed by atoms with Gasteiger partial charge in [0, 0.05) is 21.2 Å². The first kappa shape index (κ1) is 12.6. The van der Waals surface area contributed by atoms with Crippen molar-refractivity contribution in [3.8, 4) is 0 Å². The number of aliphatic hydroxyl groups excluding tert-OH is 1. The number of ketones is 1. The van der Waals surface area contributed by atoms with Crippen LogP contribution in [-0.4, -0.2) is 15.9 Å². The highest BCUT2D eigenvalue weighted by Crippen LogP contribution is 2.40. The van der Waals surface area contributed by atoms with Crippen LogP contribution < -0.4 is 0 Å². The summed E-state index contributed by atoms with van der Waals surface area (Å²) in [5.41, 5.74) is 1.80. The Bertz CT molecular complexity index is 1150. The van der Waals surface area contributed by atoms with Gasteiger partial charge in [-0.25, -0.2) is 0 Å². The smallest absolute Gasteiger partial charge is 0.236 e. The van der Waals surface area contributed by atoms with Crippen molar-refractivity contribution in [1.29, 1.82) is 0 Å². The van der Waals surface area contributed by atoms with E-state index < -0.39 is 0 Å². The van der Waals surface area contributed by atoms with E-state index in [1.807, 2.05) is 24.3 Å². The molecule has 2 aromatic heterocycles. The molecule has 1 aliphatic carbocycles. The summed E-state index contributed by atoms with van der Waals surface area (Å²) in [5, 5.41) is 11.4. The first-order chi connectivity index (χ1) is 11.2. The molecule has 0 unspecified atom stereocenters. The van der Waals surface area contributed by atoms with Crippen molar-refractivity contribution in [2.24, 2.45) is 0 Å². The number of Topliss-reactive ketones (excluding diaryl/α,β-unsaturated/α-hetero) is 1. The molecule has 4 nitrogen and oxygen atoms in total. The van der Waals surface area contributed by atoms with Crippen molar-refractivity contribution < 1.29 is 14.3 Å². The number of benzene rings is 2. The topological polar surface area (TPSA) is 63.3 Å². The molecule has 0 atom stereocenters. The number of nitrogens with zero attached hydrogens (tertiary/aromatic N) is 1. The number of oxazole rings is 1. The zero-order valence-corrected chi connectivity index (χ0v) is 12.6. The van der Waals surface area contributed by atoms with E-state index in [0.717, 1.165) is 14.9 Å². The maximum atomic E-state index is 12.6. The van der Waals surface area contributed by atoms with Gasteiger partial charge in [0.25, 0.3) is 0 Å².